The maximum absolute atomic E-state index is 13.0. The molecule has 1 aromatic carbocycles. The van der Waals surface area contributed by atoms with Crippen LogP contribution in [0.25, 0.3) is 0 Å². The Labute approximate surface area is 125 Å². The van der Waals surface area contributed by atoms with Gasteiger partial charge in [-0.2, -0.15) is 0 Å². The predicted molar refractivity (Wildman–Crippen MR) is 74.5 cm³/mol. The summed E-state index contributed by atoms with van der Waals surface area (Å²) in [6.45, 7) is -0.161. The summed E-state index contributed by atoms with van der Waals surface area (Å²) in [6.07, 6.45) is 2.92. The van der Waals surface area contributed by atoms with Gasteiger partial charge in [-0.15, -0.1) is 0 Å². The van der Waals surface area contributed by atoms with Crippen molar-refractivity contribution in [1.82, 2.24) is 15.3 Å². The molecule has 108 valence electrons. The second-order valence-electron chi connectivity index (χ2n) is 4.22. The highest BCUT2D eigenvalue weighted by Gasteiger charge is 2.11. The van der Waals surface area contributed by atoms with E-state index in [1.807, 2.05) is 0 Å². The van der Waals surface area contributed by atoms with Crippen LogP contribution in [0.1, 0.15) is 16.2 Å². The molecule has 1 N–H and O–H groups in total. The average molecular weight is 308 g/mol. The number of hydrogen-bond donors (Lipinski definition) is 1. The lowest BCUT2D eigenvalue weighted by molar-refractivity contribution is -0.117. The monoisotopic (exact) mass is 307 g/mol. The Balaban J connectivity index is 1.87. The van der Waals surface area contributed by atoms with Crippen molar-refractivity contribution in [2.75, 3.05) is 6.54 Å². The normalized spacial score (nSPS) is 10.2. The summed E-state index contributed by atoms with van der Waals surface area (Å²) in [5.41, 5.74) is 0.580. The molecule has 0 atom stereocenters. The Hall–Kier alpha value is -2.34. The highest BCUT2D eigenvalue weighted by atomic mass is 35.5. The number of amides is 1. The van der Waals surface area contributed by atoms with E-state index in [9.17, 15) is 14.0 Å². The zero-order valence-corrected chi connectivity index (χ0v) is 11.6. The summed E-state index contributed by atoms with van der Waals surface area (Å²) in [4.78, 5) is 30.9. The zero-order valence-electron chi connectivity index (χ0n) is 10.8. The second-order valence-corrected chi connectivity index (χ2v) is 4.63. The number of nitrogens with one attached hydrogen (secondary N) is 1. The number of aromatic nitrogens is 2. The first-order valence-electron chi connectivity index (χ1n) is 6.07. The molecule has 0 saturated heterocycles. The minimum absolute atomic E-state index is 0.00451. The molecule has 0 bridgehead atoms. The molecule has 1 heterocycles. The van der Waals surface area contributed by atoms with Gasteiger partial charge in [0, 0.05) is 18.8 Å². The van der Waals surface area contributed by atoms with E-state index in [4.69, 9.17) is 11.6 Å². The number of carbonyl (C=O) groups is 2. The summed E-state index contributed by atoms with van der Waals surface area (Å²) in [5.74, 6) is -1.31. The molecule has 5 nitrogen and oxygen atoms in total. The standard InChI is InChI=1S/C14H11ClFN3O2/c15-11-7-9(2-3-12(11)16)6-10(20)8-19-14(21)13-17-4-1-5-18-13/h1-5,7H,6,8H2,(H,19,21). The topological polar surface area (TPSA) is 72.0 Å². The van der Waals surface area contributed by atoms with Gasteiger partial charge in [0.05, 0.1) is 11.6 Å². The van der Waals surface area contributed by atoms with Gasteiger partial charge >= 0.3 is 0 Å². The Morgan fingerprint density at radius 3 is 2.62 bits per heavy atom. The highest BCUT2D eigenvalue weighted by Crippen LogP contribution is 2.16. The van der Waals surface area contributed by atoms with Crippen molar-refractivity contribution in [3.8, 4) is 0 Å². The van der Waals surface area contributed by atoms with E-state index in [-0.39, 0.29) is 29.6 Å². The zero-order chi connectivity index (χ0) is 15.2. The predicted octanol–water partition coefficient (Wildman–Crippen LogP) is 1.81. The van der Waals surface area contributed by atoms with Crippen molar-refractivity contribution >= 4 is 23.3 Å². The number of halogens is 2. The number of Topliss-reactive ketones (excluding diaryl/α,β-unsaturated/α-hetero) is 1. The third-order valence-corrected chi connectivity index (χ3v) is 2.89. The molecule has 0 aliphatic heterocycles. The SMILES string of the molecule is O=C(CNC(=O)c1ncccn1)Cc1ccc(F)c(Cl)c1. The van der Waals surface area contributed by atoms with Gasteiger partial charge in [0.2, 0.25) is 5.82 Å². The summed E-state index contributed by atoms with van der Waals surface area (Å²) in [7, 11) is 0. The van der Waals surface area contributed by atoms with E-state index < -0.39 is 11.7 Å². The molecule has 1 amide bonds. The van der Waals surface area contributed by atoms with Crippen molar-refractivity contribution in [1.29, 1.82) is 0 Å². The van der Waals surface area contributed by atoms with Gasteiger partial charge in [0.25, 0.3) is 5.91 Å². The van der Waals surface area contributed by atoms with Crippen LogP contribution in [0.3, 0.4) is 0 Å². The summed E-state index contributed by atoms with van der Waals surface area (Å²) < 4.78 is 13.0. The summed E-state index contributed by atoms with van der Waals surface area (Å²) in [5, 5.41) is 2.38. The number of carbonyl (C=O) groups excluding carboxylic acids is 2. The summed E-state index contributed by atoms with van der Waals surface area (Å²) in [6, 6.07) is 5.64. The third-order valence-electron chi connectivity index (χ3n) is 2.60. The Morgan fingerprint density at radius 2 is 1.95 bits per heavy atom. The fourth-order valence-corrected chi connectivity index (χ4v) is 1.82. The molecule has 0 unspecified atom stereocenters. The molecular weight excluding hydrogens is 297 g/mol. The van der Waals surface area contributed by atoms with Gasteiger partial charge in [0.15, 0.2) is 5.78 Å². The Kier molecular flexibility index (Phi) is 4.94. The van der Waals surface area contributed by atoms with Crippen LogP contribution in [-0.2, 0) is 11.2 Å². The maximum atomic E-state index is 13.0. The van der Waals surface area contributed by atoms with Crippen LogP contribution < -0.4 is 5.32 Å². The number of hydrogen-bond acceptors (Lipinski definition) is 4. The van der Waals surface area contributed by atoms with Crippen LogP contribution >= 0.6 is 11.6 Å². The van der Waals surface area contributed by atoms with Crippen LogP contribution in [0.4, 0.5) is 4.39 Å². The highest BCUT2D eigenvalue weighted by molar-refractivity contribution is 6.30. The van der Waals surface area contributed by atoms with E-state index in [0.717, 1.165) is 0 Å². The lowest BCUT2D eigenvalue weighted by Crippen LogP contribution is -2.31. The lowest BCUT2D eigenvalue weighted by Gasteiger charge is -2.04. The van der Waals surface area contributed by atoms with Crippen molar-refractivity contribution in [3.63, 3.8) is 0 Å². The minimum atomic E-state index is -0.539. The molecular formula is C14H11ClFN3O2. The van der Waals surface area contributed by atoms with Crippen molar-refractivity contribution in [2.24, 2.45) is 0 Å². The molecule has 0 spiro atoms. The lowest BCUT2D eigenvalue weighted by atomic mass is 10.1. The largest absolute Gasteiger partial charge is 0.342 e. The van der Waals surface area contributed by atoms with Crippen molar-refractivity contribution in [2.45, 2.75) is 6.42 Å². The van der Waals surface area contributed by atoms with E-state index in [2.05, 4.69) is 15.3 Å². The first-order valence-corrected chi connectivity index (χ1v) is 6.45. The molecule has 0 aliphatic carbocycles. The molecule has 0 saturated carbocycles. The molecule has 7 heteroatoms. The fraction of sp³-hybridized carbons (Fsp3) is 0.143. The molecule has 0 fully saturated rings. The molecule has 21 heavy (non-hydrogen) atoms. The molecule has 2 aromatic rings. The van der Waals surface area contributed by atoms with Gasteiger partial charge in [-0.05, 0) is 23.8 Å². The number of rotatable bonds is 5. The van der Waals surface area contributed by atoms with Crippen molar-refractivity contribution in [3.05, 3.63) is 58.9 Å². The first kappa shape index (κ1) is 15.1. The van der Waals surface area contributed by atoms with Gasteiger partial charge in [-0.1, -0.05) is 17.7 Å². The van der Waals surface area contributed by atoms with Crippen molar-refractivity contribution < 1.29 is 14.0 Å². The van der Waals surface area contributed by atoms with Gasteiger partial charge < -0.3 is 5.32 Å². The number of ketones is 1. The van der Waals surface area contributed by atoms with E-state index >= 15 is 0 Å². The minimum Gasteiger partial charge on any atom is -0.342 e. The molecule has 2 rings (SSSR count). The van der Waals surface area contributed by atoms with Crippen LogP contribution in [0, 0.1) is 5.82 Å². The van der Waals surface area contributed by atoms with Gasteiger partial charge in [0.1, 0.15) is 5.82 Å². The first-order chi connectivity index (χ1) is 10.1. The van der Waals surface area contributed by atoms with Gasteiger partial charge in [-0.25, -0.2) is 14.4 Å². The quantitative estimate of drug-likeness (QED) is 0.914. The third kappa shape index (κ3) is 4.32. The maximum Gasteiger partial charge on any atom is 0.289 e. The van der Waals surface area contributed by atoms with Crippen LogP contribution in [-0.4, -0.2) is 28.2 Å². The number of nitrogens with zero attached hydrogens (tertiary/aromatic N) is 2. The number of benzene rings is 1. The average Bonchev–Trinajstić information content (AvgIpc) is 2.49. The van der Waals surface area contributed by atoms with E-state index in [1.165, 1.54) is 30.6 Å². The summed E-state index contributed by atoms with van der Waals surface area (Å²) >= 11 is 5.63. The Bertz CT molecular complexity index is 665. The fourth-order valence-electron chi connectivity index (χ4n) is 1.61. The molecule has 0 radical (unpaired) electrons. The second kappa shape index (κ2) is 6.90. The van der Waals surface area contributed by atoms with Gasteiger partial charge in [-0.3, -0.25) is 9.59 Å². The Morgan fingerprint density at radius 1 is 1.24 bits per heavy atom. The van der Waals surface area contributed by atoms with E-state index in [1.54, 1.807) is 6.07 Å². The van der Waals surface area contributed by atoms with E-state index in [0.29, 0.717) is 5.56 Å². The molecule has 1 aromatic heterocycles. The van der Waals surface area contributed by atoms with Crippen LogP contribution in [0.2, 0.25) is 5.02 Å². The smallest absolute Gasteiger partial charge is 0.289 e. The molecule has 0 aliphatic rings. The van der Waals surface area contributed by atoms with Crippen LogP contribution in [0.15, 0.2) is 36.7 Å². The van der Waals surface area contributed by atoms with Crippen LogP contribution in [0.5, 0.6) is 0 Å².